The molecular formula is C19H13BrN4O2. The number of carbonyl (C=O) groups is 1. The van der Waals surface area contributed by atoms with Gasteiger partial charge in [-0.05, 0) is 37.3 Å². The summed E-state index contributed by atoms with van der Waals surface area (Å²) in [6, 6.07) is 18.2. The van der Waals surface area contributed by atoms with E-state index in [2.05, 4.69) is 31.2 Å². The molecule has 0 aliphatic heterocycles. The number of ketones is 1. The maximum atomic E-state index is 11.5. The van der Waals surface area contributed by atoms with Gasteiger partial charge in [-0.1, -0.05) is 40.2 Å². The van der Waals surface area contributed by atoms with E-state index in [1.54, 1.807) is 40.9 Å². The summed E-state index contributed by atoms with van der Waals surface area (Å²) >= 11 is 3.42. The lowest BCUT2D eigenvalue weighted by molar-refractivity contribution is 0.101. The molecule has 0 amide bonds. The number of hydrogen-bond acceptors (Lipinski definition) is 5. The predicted molar refractivity (Wildman–Crippen MR) is 100 cm³/mol. The number of Topliss-reactive ketones (excluding diaryl/α,β-unsaturated/α-hetero) is 1. The molecule has 6 nitrogen and oxygen atoms in total. The largest absolute Gasteiger partial charge is 0.438 e. The molecule has 2 heterocycles. The molecule has 0 aliphatic rings. The van der Waals surface area contributed by atoms with Crippen LogP contribution in [0, 0.1) is 0 Å². The van der Waals surface area contributed by atoms with Crippen molar-refractivity contribution >= 4 is 27.4 Å². The molecule has 0 spiro atoms. The quantitative estimate of drug-likeness (QED) is 0.463. The number of ether oxygens (including phenoxy) is 1. The van der Waals surface area contributed by atoms with Gasteiger partial charge in [0.15, 0.2) is 17.3 Å². The summed E-state index contributed by atoms with van der Waals surface area (Å²) in [6.45, 7) is 1.52. The second-order valence-corrected chi connectivity index (χ2v) is 6.57. The molecule has 2 aromatic heterocycles. The topological polar surface area (TPSA) is 69.4 Å². The first-order valence-corrected chi connectivity index (χ1v) is 8.67. The van der Waals surface area contributed by atoms with Crippen LogP contribution in [0.2, 0.25) is 0 Å². The molecule has 4 rings (SSSR count). The van der Waals surface area contributed by atoms with Gasteiger partial charge in [0.1, 0.15) is 5.75 Å². The molecule has 0 aliphatic carbocycles. The Kier molecular flexibility index (Phi) is 4.22. The number of halogens is 1. The van der Waals surface area contributed by atoms with Crippen LogP contribution >= 0.6 is 15.9 Å². The van der Waals surface area contributed by atoms with E-state index in [9.17, 15) is 4.79 Å². The molecule has 0 bridgehead atoms. The highest BCUT2D eigenvalue weighted by Crippen LogP contribution is 2.24. The number of aromatic nitrogens is 4. The van der Waals surface area contributed by atoms with Gasteiger partial charge < -0.3 is 4.74 Å². The van der Waals surface area contributed by atoms with Crippen LogP contribution in [0.3, 0.4) is 0 Å². The molecule has 0 fully saturated rings. The Morgan fingerprint density at radius 2 is 1.85 bits per heavy atom. The summed E-state index contributed by atoms with van der Waals surface area (Å²) in [5, 5.41) is 12.8. The SMILES string of the molecule is CC(=O)c1cccc(Oc2ccc3nnc(-c4ccc(Br)cc4)n3n2)c1. The van der Waals surface area contributed by atoms with Gasteiger partial charge in [-0.2, -0.15) is 4.52 Å². The van der Waals surface area contributed by atoms with Crippen LogP contribution in [0.5, 0.6) is 11.6 Å². The molecule has 7 heteroatoms. The zero-order valence-electron chi connectivity index (χ0n) is 13.8. The normalized spacial score (nSPS) is 10.8. The van der Waals surface area contributed by atoms with Crippen LogP contribution in [0.15, 0.2) is 65.1 Å². The van der Waals surface area contributed by atoms with Crippen molar-refractivity contribution in [2.75, 3.05) is 0 Å². The Morgan fingerprint density at radius 1 is 1.04 bits per heavy atom. The molecule has 0 atom stereocenters. The molecule has 2 aromatic carbocycles. The highest BCUT2D eigenvalue weighted by Gasteiger charge is 2.11. The van der Waals surface area contributed by atoms with E-state index in [0.717, 1.165) is 10.0 Å². The van der Waals surface area contributed by atoms with Crippen molar-refractivity contribution < 1.29 is 9.53 Å². The van der Waals surface area contributed by atoms with Crippen LogP contribution in [0.1, 0.15) is 17.3 Å². The van der Waals surface area contributed by atoms with Gasteiger partial charge in [0.25, 0.3) is 0 Å². The molecule has 0 radical (unpaired) electrons. The molecule has 0 saturated carbocycles. The maximum Gasteiger partial charge on any atom is 0.237 e. The van der Waals surface area contributed by atoms with Gasteiger partial charge in [-0.15, -0.1) is 15.3 Å². The molecule has 0 saturated heterocycles. The lowest BCUT2D eigenvalue weighted by atomic mass is 10.1. The molecular weight excluding hydrogens is 396 g/mol. The lowest BCUT2D eigenvalue weighted by Gasteiger charge is -2.06. The van der Waals surface area contributed by atoms with Crippen LogP contribution in [-0.4, -0.2) is 25.6 Å². The molecule has 0 N–H and O–H groups in total. The van der Waals surface area contributed by atoms with Crippen LogP contribution in [0.4, 0.5) is 0 Å². The van der Waals surface area contributed by atoms with E-state index in [0.29, 0.717) is 28.7 Å². The average Bonchev–Trinajstić information content (AvgIpc) is 3.06. The van der Waals surface area contributed by atoms with E-state index in [1.807, 2.05) is 24.3 Å². The Morgan fingerprint density at radius 3 is 2.62 bits per heavy atom. The number of nitrogens with zero attached hydrogens (tertiary/aromatic N) is 4. The van der Waals surface area contributed by atoms with Gasteiger partial charge in [0.2, 0.25) is 5.88 Å². The van der Waals surface area contributed by atoms with Gasteiger partial charge in [0.05, 0.1) is 0 Å². The highest BCUT2D eigenvalue weighted by molar-refractivity contribution is 9.10. The van der Waals surface area contributed by atoms with Gasteiger partial charge in [-0.3, -0.25) is 4.79 Å². The van der Waals surface area contributed by atoms with Gasteiger partial charge in [-0.25, -0.2) is 0 Å². The van der Waals surface area contributed by atoms with E-state index in [4.69, 9.17) is 4.74 Å². The van der Waals surface area contributed by atoms with Crippen LogP contribution < -0.4 is 4.74 Å². The second kappa shape index (κ2) is 6.68. The summed E-state index contributed by atoms with van der Waals surface area (Å²) in [6.07, 6.45) is 0. The van der Waals surface area contributed by atoms with Crippen molar-refractivity contribution in [2.24, 2.45) is 0 Å². The molecule has 4 aromatic rings. The summed E-state index contributed by atoms with van der Waals surface area (Å²) < 4.78 is 8.43. The Hall–Kier alpha value is -3.06. The third kappa shape index (κ3) is 3.21. The average molecular weight is 409 g/mol. The van der Waals surface area contributed by atoms with Crippen molar-refractivity contribution in [3.05, 3.63) is 70.7 Å². The fourth-order valence-corrected chi connectivity index (χ4v) is 2.77. The molecule has 0 unspecified atom stereocenters. The molecule has 26 heavy (non-hydrogen) atoms. The predicted octanol–water partition coefficient (Wildman–Crippen LogP) is 4.55. The minimum Gasteiger partial charge on any atom is -0.438 e. The van der Waals surface area contributed by atoms with Gasteiger partial charge in [0, 0.05) is 21.7 Å². The first kappa shape index (κ1) is 16.4. The van der Waals surface area contributed by atoms with Crippen molar-refractivity contribution in [1.29, 1.82) is 0 Å². The minimum absolute atomic E-state index is 0.0183. The number of rotatable bonds is 4. The van der Waals surface area contributed by atoms with Crippen molar-refractivity contribution in [2.45, 2.75) is 6.92 Å². The minimum atomic E-state index is -0.0183. The summed E-state index contributed by atoms with van der Waals surface area (Å²) in [5.74, 6) is 1.53. The third-order valence-electron chi connectivity index (χ3n) is 3.80. The molecule has 128 valence electrons. The Balaban J connectivity index is 1.71. The zero-order valence-corrected chi connectivity index (χ0v) is 15.3. The van der Waals surface area contributed by atoms with Crippen molar-refractivity contribution in [3.63, 3.8) is 0 Å². The van der Waals surface area contributed by atoms with Crippen molar-refractivity contribution in [3.8, 4) is 23.0 Å². The lowest BCUT2D eigenvalue weighted by Crippen LogP contribution is -1.98. The highest BCUT2D eigenvalue weighted by atomic mass is 79.9. The maximum absolute atomic E-state index is 11.5. The Bertz CT molecular complexity index is 1110. The van der Waals surface area contributed by atoms with E-state index in [-0.39, 0.29) is 5.78 Å². The number of fused-ring (bicyclic) bond motifs is 1. The van der Waals surface area contributed by atoms with Gasteiger partial charge >= 0.3 is 0 Å². The van der Waals surface area contributed by atoms with Crippen LogP contribution in [0.25, 0.3) is 17.0 Å². The summed E-state index contributed by atoms with van der Waals surface area (Å²) in [7, 11) is 0. The number of benzene rings is 2. The van der Waals surface area contributed by atoms with E-state index < -0.39 is 0 Å². The fourth-order valence-electron chi connectivity index (χ4n) is 2.50. The second-order valence-electron chi connectivity index (χ2n) is 5.66. The summed E-state index contributed by atoms with van der Waals surface area (Å²) in [4.78, 5) is 11.5. The Labute approximate surface area is 157 Å². The smallest absolute Gasteiger partial charge is 0.237 e. The monoisotopic (exact) mass is 408 g/mol. The fraction of sp³-hybridized carbons (Fsp3) is 0.0526. The van der Waals surface area contributed by atoms with Crippen LogP contribution in [-0.2, 0) is 0 Å². The zero-order chi connectivity index (χ0) is 18.1. The summed E-state index contributed by atoms with van der Waals surface area (Å²) in [5.41, 5.74) is 2.10. The first-order valence-electron chi connectivity index (χ1n) is 7.87. The van der Waals surface area contributed by atoms with Crippen molar-refractivity contribution in [1.82, 2.24) is 19.8 Å². The first-order chi connectivity index (χ1) is 12.6. The number of hydrogen-bond donors (Lipinski definition) is 0. The number of carbonyl (C=O) groups excluding carboxylic acids is 1. The van der Waals surface area contributed by atoms with E-state index >= 15 is 0 Å². The standard InChI is InChI=1S/C19H13BrN4O2/c1-12(25)14-3-2-4-16(11-14)26-18-10-9-17-21-22-19(24(17)23-18)13-5-7-15(20)8-6-13/h2-11H,1H3. The van der Waals surface area contributed by atoms with E-state index in [1.165, 1.54) is 6.92 Å². The third-order valence-corrected chi connectivity index (χ3v) is 4.33.